The number of ether oxygens (including phenoxy) is 3. The highest BCUT2D eigenvalue weighted by atomic mass is 32.2. The van der Waals surface area contributed by atoms with Crippen molar-refractivity contribution in [1.29, 1.82) is 0 Å². The minimum atomic E-state index is -1.04. The fraction of sp³-hybridized carbons (Fsp3) is 0.286. The Bertz CT molecular complexity index is 1540. The minimum Gasteiger partial charge on any atom is -0.456 e. The second-order valence-electron chi connectivity index (χ2n) is 9.68. The number of rotatable bonds is 12. The van der Waals surface area contributed by atoms with Gasteiger partial charge in [0.05, 0.1) is 21.8 Å². The van der Waals surface area contributed by atoms with E-state index in [1.807, 2.05) is 0 Å². The van der Waals surface area contributed by atoms with Crippen molar-refractivity contribution >= 4 is 47.1 Å². The average molecular weight is 627 g/mol. The Morgan fingerprint density at radius 3 is 2.07 bits per heavy atom. The molecule has 2 aliphatic heterocycles. The Labute approximate surface area is 254 Å². The number of non-ortho nitro benzene ring substituents is 2. The molecule has 0 aromatic heterocycles. The standard InChI is InChI=1S/C28H26N4O11S/c1-16(43-28(36)42-15-19-5-9-21(10-6-19)32(39)40)24-22-13-23(44-12-11-29-17(2)33)25(30(22)26(24)34)27(35)41-14-18-3-7-20(8-4-18)31(37)38/h3-12,16,22,24H,13-15H2,1-2H3,(H,29,33). The van der Waals surface area contributed by atoms with Crippen LogP contribution in [0.15, 0.2) is 70.7 Å². The molecule has 44 heavy (non-hydrogen) atoms. The Morgan fingerprint density at radius 2 is 1.55 bits per heavy atom. The van der Waals surface area contributed by atoms with Gasteiger partial charge >= 0.3 is 12.1 Å². The van der Waals surface area contributed by atoms with E-state index >= 15 is 0 Å². The van der Waals surface area contributed by atoms with E-state index in [2.05, 4.69) is 5.32 Å². The first kappa shape index (κ1) is 31.7. The largest absolute Gasteiger partial charge is 0.508 e. The van der Waals surface area contributed by atoms with Gasteiger partial charge in [0.25, 0.3) is 11.4 Å². The van der Waals surface area contributed by atoms with E-state index in [9.17, 15) is 39.4 Å². The van der Waals surface area contributed by atoms with E-state index in [1.54, 1.807) is 5.41 Å². The van der Waals surface area contributed by atoms with Gasteiger partial charge in [0.1, 0.15) is 25.0 Å². The molecule has 1 saturated heterocycles. The Morgan fingerprint density at radius 1 is 1.00 bits per heavy atom. The van der Waals surface area contributed by atoms with Crippen molar-refractivity contribution < 1.29 is 43.2 Å². The number of nitro groups is 2. The van der Waals surface area contributed by atoms with Gasteiger partial charge in [-0.15, -0.1) is 0 Å². The molecule has 0 aliphatic carbocycles. The number of hydrogen-bond donors (Lipinski definition) is 1. The zero-order chi connectivity index (χ0) is 32.0. The Balaban J connectivity index is 1.39. The third kappa shape index (κ3) is 7.38. The molecule has 2 aliphatic rings. The fourth-order valence-corrected chi connectivity index (χ4v) is 5.49. The molecule has 2 aromatic rings. The number of amides is 2. The molecule has 16 heteroatoms. The third-order valence-electron chi connectivity index (χ3n) is 6.74. The van der Waals surface area contributed by atoms with E-state index in [4.69, 9.17) is 14.2 Å². The van der Waals surface area contributed by atoms with Crippen molar-refractivity contribution in [3.63, 3.8) is 0 Å². The number of nitro benzene ring substituents is 2. The number of hydrogen-bond acceptors (Lipinski definition) is 12. The number of carbonyl (C=O) groups is 4. The molecular formula is C28H26N4O11S. The maximum atomic E-state index is 13.2. The van der Waals surface area contributed by atoms with Gasteiger partial charge in [-0.05, 0) is 47.7 Å². The van der Waals surface area contributed by atoms with E-state index in [-0.39, 0.29) is 42.6 Å². The first-order valence-electron chi connectivity index (χ1n) is 13.1. The molecule has 230 valence electrons. The molecule has 2 heterocycles. The number of nitrogens with zero attached hydrogens (tertiary/aromatic N) is 3. The van der Waals surface area contributed by atoms with Crippen LogP contribution < -0.4 is 5.32 Å². The number of thioether (sulfide) groups is 1. The summed E-state index contributed by atoms with van der Waals surface area (Å²) in [5.41, 5.74) is 0.789. The molecule has 1 fully saturated rings. The average Bonchev–Trinajstić information content (AvgIpc) is 3.31. The second-order valence-corrected chi connectivity index (χ2v) is 10.7. The number of esters is 1. The van der Waals surface area contributed by atoms with Crippen LogP contribution in [0.25, 0.3) is 0 Å². The van der Waals surface area contributed by atoms with Gasteiger partial charge in [-0.1, -0.05) is 11.8 Å². The van der Waals surface area contributed by atoms with Gasteiger partial charge in [-0.3, -0.25) is 29.8 Å². The molecule has 4 rings (SSSR count). The summed E-state index contributed by atoms with van der Waals surface area (Å²) >= 11 is 1.12. The molecule has 0 saturated carbocycles. The zero-order valence-corrected chi connectivity index (χ0v) is 24.2. The van der Waals surface area contributed by atoms with Gasteiger partial charge in [-0.2, -0.15) is 0 Å². The van der Waals surface area contributed by atoms with Crippen LogP contribution in [-0.4, -0.2) is 50.8 Å². The zero-order valence-electron chi connectivity index (χ0n) is 23.4. The lowest BCUT2D eigenvalue weighted by atomic mass is 9.83. The maximum Gasteiger partial charge on any atom is 0.508 e. The number of nitrogens with one attached hydrogen (secondary N) is 1. The summed E-state index contributed by atoms with van der Waals surface area (Å²) in [7, 11) is 0. The molecule has 0 bridgehead atoms. The summed E-state index contributed by atoms with van der Waals surface area (Å²) in [6.07, 6.45) is -0.311. The van der Waals surface area contributed by atoms with E-state index < -0.39 is 45.9 Å². The third-order valence-corrected chi connectivity index (χ3v) is 7.65. The molecule has 3 unspecified atom stereocenters. The van der Waals surface area contributed by atoms with Crippen molar-refractivity contribution in [3.05, 3.63) is 102 Å². The van der Waals surface area contributed by atoms with E-state index in [0.717, 1.165) is 11.8 Å². The molecule has 3 atom stereocenters. The summed E-state index contributed by atoms with van der Waals surface area (Å²) in [6.45, 7) is 2.46. The molecule has 15 nitrogen and oxygen atoms in total. The highest BCUT2D eigenvalue weighted by Crippen LogP contribution is 2.48. The van der Waals surface area contributed by atoms with Crippen LogP contribution in [0.2, 0.25) is 0 Å². The summed E-state index contributed by atoms with van der Waals surface area (Å²) in [5.74, 6) is -2.33. The lowest BCUT2D eigenvalue weighted by Crippen LogP contribution is -2.62. The van der Waals surface area contributed by atoms with Crippen LogP contribution in [0.5, 0.6) is 0 Å². The predicted molar refractivity (Wildman–Crippen MR) is 153 cm³/mol. The summed E-state index contributed by atoms with van der Waals surface area (Å²) in [6, 6.07) is 10.4. The monoisotopic (exact) mass is 626 g/mol. The SMILES string of the molecule is CC(=O)NC=CSC1=C(C(=O)OCc2ccc([N+](=O)[O-])cc2)N2C(=O)C(C(C)OC(=O)OCc3ccc([N+](=O)[O-])cc3)C2C1. The van der Waals surface area contributed by atoms with Crippen LogP contribution in [0, 0.1) is 26.1 Å². The predicted octanol–water partition coefficient (Wildman–Crippen LogP) is 4.07. The molecule has 1 N–H and O–H groups in total. The second kappa shape index (κ2) is 13.8. The Hall–Kier alpha value is -5.25. The molecule has 2 amide bonds. The van der Waals surface area contributed by atoms with Crippen molar-refractivity contribution in [1.82, 2.24) is 10.2 Å². The quantitative estimate of drug-likeness (QED) is 0.154. The molecular weight excluding hydrogens is 600 g/mol. The topological polar surface area (TPSA) is 198 Å². The lowest BCUT2D eigenvalue weighted by Gasteiger charge is -2.45. The van der Waals surface area contributed by atoms with E-state index in [1.165, 1.54) is 73.5 Å². The fourth-order valence-electron chi connectivity index (χ4n) is 4.63. The smallest absolute Gasteiger partial charge is 0.456 e. The van der Waals surface area contributed by atoms with Crippen LogP contribution in [0.4, 0.5) is 16.2 Å². The van der Waals surface area contributed by atoms with E-state index in [0.29, 0.717) is 16.0 Å². The van der Waals surface area contributed by atoms with Gasteiger partial charge < -0.3 is 24.4 Å². The minimum absolute atomic E-state index is 0.0172. The van der Waals surface area contributed by atoms with Crippen LogP contribution in [0.3, 0.4) is 0 Å². The highest BCUT2D eigenvalue weighted by molar-refractivity contribution is 8.05. The number of benzene rings is 2. The summed E-state index contributed by atoms with van der Waals surface area (Å²) in [4.78, 5) is 72.3. The molecule has 0 spiro atoms. The maximum absolute atomic E-state index is 13.2. The van der Waals surface area contributed by atoms with Crippen molar-refractivity contribution in [2.45, 2.75) is 45.6 Å². The normalized spacial score (nSPS) is 17.9. The number of fused-ring (bicyclic) bond motifs is 1. The van der Waals surface area contributed by atoms with Crippen LogP contribution >= 0.6 is 11.8 Å². The van der Waals surface area contributed by atoms with Gasteiger partial charge in [0.2, 0.25) is 11.8 Å². The van der Waals surface area contributed by atoms with Gasteiger partial charge in [0.15, 0.2) is 0 Å². The lowest BCUT2D eigenvalue weighted by molar-refractivity contribution is -0.385. The highest BCUT2D eigenvalue weighted by Gasteiger charge is 2.58. The number of carbonyl (C=O) groups excluding carboxylic acids is 4. The van der Waals surface area contributed by atoms with Crippen molar-refractivity contribution in [3.8, 4) is 0 Å². The van der Waals surface area contributed by atoms with Gasteiger partial charge in [-0.25, -0.2) is 9.59 Å². The van der Waals surface area contributed by atoms with Crippen molar-refractivity contribution in [2.75, 3.05) is 0 Å². The molecule has 2 aromatic carbocycles. The number of β-lactam (4-membered cyclic amide) rings is 1. The first-order valence-corrected chi connectivity index (χ1v) is 14.0. The summed E-state index contributed by atoms with van der Waals surface area (Å²) in [5, 5.41) is 25.7. The Kier molecular flexibility index (Phi) is 9.95. The van der Waals surface area contributed by atoms with Crippen molar-refractivity contribution in [2.24, 2.45) is 5.92 Å². The van der Waals surface area contributed by atoms with Crippen LogP contribution in [0.1, 0.15) is 31.4 Å². The summed E-state index contributed by atoms with van der Waals surface area (Å²) < 4.78 is 15.9. The van der Waals surface area contributed by atoms with Crippen LogP contribution in [-0.2, 0) is 41.8 Å². The first-order chi connectivity index (χ1) is 21.0. The molecule has 0 radical (unpaired) electrons. The van der Waals surface area contributed by atoms with Gasteiger partial charge in [0, 0.05) is 48.7 Å².